The lowest BCUT2D eigenvalue weighted by Gasteiger charge is -2.11. The van der Waals surface area contributed by atoms with E-state index in [9.17, 15) is 9.59 Å². The fourth-order valence-electron chi connectivity index (χ4n) is 3.19. The lowest BCUT2D eigenvalue weighted by Crippen LogP contribution is -2.22. The molecule has 0 bridgehead atoms. The molecule has 0 fully saturated rings. The first-order valence-corrected chi connectivity index (χ1v) is 9.00. The van der Waals surface area contributed by atoms with E-state index in [1.165, 1.54) is 11.8 Å². The van der Waals surface area contributed by atoms with E-state index in [1.54, 1.807) is 4.57 Å². The lowest BCUT2D eigenvalue weighted by molar-refractivity contribution is 0.170. The number of hydrogen-bond acceptors (Lipinski definition) is 5. The van der Waals surface area contributed by atoms with Crippen molar-refractivity contribution in [1.29, 1.82) is 0 Å². The molecule has 0 radical (unpaired) electrons. The van der Waals surface area contributed by atoms with Crippen LogP contribution in [0.2, 0.25) is 0 Å². The number of hydrogen-bond donors (Lipinski definition) is 1. The Labute approximate surface area is 151 Å². The van der Waals surface area contributed by atoms with E-state index < -0.39 is 6.09 Å². The smallest absolute Gasteiger partial charge is 0.435 e. The molecule has 0 atom stereocenters. The number of para-hydroxylation sites is 1. The predicted molar refractivity (Wildman–Crippen MR) is 103 cm³/mol. The Balaban J connectivity index is 2.39. The summed E-state index contributed by atoms with van der Waals surface area (Å²) in [7, 11) is 1.31. The normalized spacial score (nSPS) is 11.2. The highest BCUT2D eigenvalue weighted by molar-refractivity contribution is 6.10. The van der Waals surface area contributed by atoms with Gasteiger partial charge in [0.15, 0.2) is 5.82 Å². The molecular weight excluding hydrogens is 332 g/mol. The van der Waals surface area contributed by atoms with E-state index in [1.807, 2.05) is 31.2 Å². The first-order chi connectivity index (χ1) is 12.6. The molecule has 7 nitrogen and oxygen atoms in total. The second kappa shape index (κ2) is 7.59. The number of carbonyl (C=O) groups is 1. The Kier molecular flexibility index (Phi) is 5.25. The number of fused-ring (bicyclic) bond motifs is 3. The van der Waals surface area contributed by atoms with Crippen molar-refractivity contribution in [3.63, 3.8) is 0 Å². The molecule has 7 heteroatoms. The average molecular weight is 356 g/mol. The molecule has 2 aromatic heterocycles. The van der Waals surface area contributed by atoms with Crippen LogP contribution in [0.25, 0.3) is 21.8 Å². The van der Waals surface area contributed by atoms with Crippen LogP contribution in [0.4, 0.5) is 10.6 Å². The van der Waals surface area contributed by atoms with Crippen molar-refractivity contribution in [2.24, 2.45) is 0 Å². The van der Waals surface area contributed by atoms with Gasteiger partial charge < -0.3 is 14.6 Å². The minimum atomic E-state index is -0.615. The summed E-state index contributed by atoms with van der Waals surface area (Å²) in [5.74, 6) is 0.430. The molecule has 0 aliphatic heterocycles. The van der Waals surface area contributed by atoms with Gasteiger partial charge in [0.05, 0.1) is 18.1 Å². The highest BCUT2D eigenvalue weighted by Gasteiger charge is 2.23. The Morgan fingerprint density at radius 1 is 1.23 bits per heavy atom. The lowest BCUT2D eigenvalue weighted by atomic mass is 10.1. The number of aromatic nitrogens is 3. The summed E-state index contributed by atoms with van der Waals surface area (Å²) in [5.41, 5.74) is 1.13. The van der Waals surface area contributed by atoms with Crippen LogP contribution in [0.5, 0.6) is 0 Å². The fourth-order valence-corrected chi connectivity index (χ4v) is 3.19. The molecule has 0 spiro atoms. The molecule has 0 saturated heterocycles. The van der Waals surface area contributed by atoms with Gasteiger partial charge in [-0.3, -0.25) is 4.79 Å². The summed E-state index contributed by atoms with van der Waals surface area (Å²) in [4.78, 5) is 25.5. The standard InChI is InChI=1S/C19H24N4O3/c1-4-6-11-20-17-15-16(23(21-17)19(25)26-3)13-9-7-8-10-14(13)22(12-5-2)18(15)24/h7-10H,4-6,11-12H2,1-3H3,(H,20,21). The number of benzene rings is 1. The molecule has 0 amide bonds. The summed E-state index contributed by atoms with van der Waals surface area (Å²) in [6.45, 7) is 5.41. The van der Waals surface area contributed by atoms with Gasteiger partial charge in [-0.1, -0.05) is 38.5 Å². The van der Waals surface area contributed by atoms with Gasteiger partial charge in [0.1, 0.15) is 5.39 Å². The maximum absolute atomic E-state index is 13.2. The summed E-state index contributed by atoms with van der Waals surface area (Å²) in [6, 6.07) is 7.57. The van der Waals surface area contributed by atoms with E-state index in [-0.39, 0.29) is 5.56 Å². The van der Waals surface area contributed by atoms with Gasteiger partial charge in [0, 0.05) is 18.5 Å². The maximum Gasteiger partial charge on any atom is 0.435 e. The van der Waals surface area contributed by atoms with Crippen molar-refractivity contribution in [2.75, 3.05) is 19.0 Å². The number of aryl methyl sites for hydroxylation is 1. The van der Waals surface area contributed by atoms with Crippen molar-refractivity contribution in [3.05, 3.63) is 34.6 Å². The van der Waals surface area contributed by atoms with Crippen molar-refractivity contribution in [2.45, 2.75) is 39.7 Å². The number of nitrogens with one attached hydrogen (secondary N) is 1. The molecule has 0 aliphatic carbocycles. The van der Waals surface area contributed by atoms with E-state index in [2.05, 4.69) is 17.3 Å². The number of pyridine rings is 1. The van der Waals surface area contributed by atoms with Gasteiger partial charge in [0.25, 0.3) is 5.56 Å². The van der Waals surface area contributed by atoms with Gasteiger partial charge in [0.2, 0.25) is 0 Å². The Morgan fingerprint density at radius 3 is 2.69 bits per heavy atom. The van der Waals surface area contributed by atoms with Crippen molar-refractivity contribution >= 4 is 33.7 Å². The monoisotopic (exact) mass is 356 g/mol. The molecule has 0 saturated carbocycles. The van der Waals surface area contributed by atoms with Gasteiger partial charge in [-0.2, -0.15) is 4.68 Å². The molecule has 3 aromatic rings. The minimum absolute atomic E-state index is 0.144. The fraction of sp³-hybridized carbons (Fsp3) is 0.421. The zero-order valence-corrected chi connectivity index (χ0v) is 15.4. The van der Waals surface area contributed by atoms with Crippen LogP contribution in [0, 0.1) is 0 Å². The van der Waals surface area contributed by atoms with Crippen LogP contribution in [0.3, 0.4) is 0 Å². The predicted octanol–water partition coefficient (Wildman–Crippen LogP) is 3.59. The minimum Gasteiger partial charge on any atom is -0.451 e. The molecule has 26 heavy (non-hydrogen) atoms. The summed E-state index contributed by atoms with van der Waals surface area (Å²) in [6.07, 6.45) is 2.19. The van der Waals surface area contributed by atoms with Crippen molar-refractivity contribution in [1.82, 2.24) is 14.3 Å². The van der Waals surface area contributed by atoms with E-state index in [0.717, 1.165) is 30.2 Å². The van der Waals surface area contributed by atoms with Gasteiger partial charge >= 0.3 is 6.09 Å². The summed E-state index contributed by atoms with van der Waals surface area (Å²) >= 11 is 0. The van der Waals surface area contributed by atoms with Crippen LogP contribution in [0.1, 0.15) is 33.1 Å². The van der Waals surface area contributed by atoms with E-state index in [0.29, 0.717) is 29.8 Å². The van der Waals surface area contributed by atoms with Crippen LogP contribution in [-0.4, -0.2) is 34.1 Å². The zero-order chi connectivity index (χ0) is 18.7. The van der Waals surface area contributed by atoms with Crippen LogP contribution in [0.15, 0.2) is 29.1 Å². The Hall–Kier alpha value is -2.83. The van der Waals surface area contributed by atoms with Crippen molar-refractivity contribution in [3.8, 4) is 0 Å². The summed E-state index contributed by atoms with van der Waals surface area (Å²) in [5, 5.41) is 8.80. The largest absolute Gasteiger partial charge is 0.451 e. The number of rotatable bonds is 6. The second-order valence-corrected chi connectivity index (χ2v) is 6.21. The second-order valence-electron chi connectivity index (χ2n) is 6.21. The third kappa shape index (κ3) is 2.94. The highest BCUT2D eigenvalue weighted by atomic mass is 16.5. The molecule has 138 valence electrons. The SMILES string of the molecule is CCCCNc1nn(C(=O)OC)c2c1c(=O)n(CCC)c1ccccc21. The Morgan fingerprint density at radius 2 is 2.00 bits per heavy atom. The van der Waals surface area contributed by atoms with Crippen molar-refractivity contribution < 1.29 is 9.53 Å². The molecule has 1 aromatic carbocycles. The average Bonchev–Trinajstić information content (AvgIpc) is 3.04. The van der Waals surface area contributed by atoms with Crippen LogP contribution < -0.4 is 10.9 Å². The molecule has 2 heterocycles. The topological polar surface area (TPSA) is 78.2 Å². The third-order valence-electron chi connectivity index (χ3n) is 4.41. The van der Waals surface area contributed by atoms with E-state index in [4.69, 9.17) is 4.74 Å². The first-order valence-electron chi connectivity index (χ1n) is 9.00. The highest BCUT2D eigenvalue weighted by Crippen LogP contribution is 2.28. The van der Waals surface area contributed by atoms with Gasteiger partial charge in [-0.05, 0) is 18.9 Å². The third-order valence-corrected chi connectivity index (χ3v) is 4.41. The van der Waals surface area contributed by atoms with Crippen LogP contribution >= 0.6 is 0 Å². The van der Waals surface area contributed by atoms with Crippen LogP contribution in [-0.2, 0) is 11.3 Å². The van der Waals surface area contributed by atoms with Gasteiger partial charge in [-0.15, -0.1) is 5.10 Å². The number of carbonyl (C=O) groups excluding carboxylic acids is 1. The number of ether oxygens (including phenoxy) is 1. The quantitative estimate of drug-likeness (QED) is 0.683. The molecule has 3 rings (SSSR count). The number of nitrogens with zero attached hydrogens (tertiary/aromatic N) is 3. The Bertz CT molecular complexity index is 1000. The number of methoxy groups -OCH3 is 1. The first kappa shape index (κ1) is 18.0. The molecule has 0 aliphatic rings. The zero-order valence-electron chi connectivity index (χ0n) is 15.4. The molecule has 0 unspecified atom stereocenters. The number of anilines is 1. The molecular formula is C19H24N4O3. The van der Waals surface area contributed by atoms with Gasteiger partial charge in [-0.25, -0.2) is 4.79 Å². The maximum atomic E-state index is 13.2. The van der Waals surface area contributed by atoms with E-state index >= 15 is 0 Å². The number of unbranched alkanes of at least 4 members (excludes halogenated alkanes) is 1. The molecule has 1 N–H and O–H groups in total. The summed E-state index contributed by atoms with van der Waals surface area (Å²) < 4.78 is 7.81.